The smallest absolute Gasteiger partial charge is 0.352 e. The van der Waals surface area contributed by atoms with Crippen molar-refractivity contribution in [2.75, 3.05) is 4.72 Å². The van der Waals surface area contributed by atoms with E-state index in [1.54, 1.807) is 0 Å². The maximum absolute atomic E-state index is 13.3. The third kappa shape index (κ3) is 5.34. The maximum Gasteiger partial charge on any atom is 0.368 e. The Labute approximate surface area is 176 Å². The minimum Gasteiger partial charge on any atom is -0.352 e. The molecule has 0 bridgehead atoms. The number of carbonyl (C=O) groups excluding carboxylic acids is 1. The molecule has 1 amide bonds. The molecule has 12 heteroatoms. The molecule has 2 aromatic carbocycles. The first-order valence-electron chi connectivity index (χ1n) is 9.47. The third-order valence-corrected chi connectivity index (χ3v) is 5.77. The monoisotopic (exact) mass is 446 g/mol. The molecule has 1 aliphatic carbocycles. The summed E-state index contributed by atoms with van der Waals surface area (Å²) in [6, 6.07) is 11.4. The first-order valence-corrected chi connectivity index (χ1v) is 11.1. The Morgan fingerprint density at radius 2 is 1.87 bits per heavy atom. The minimum absolute atomic E-state index is 0.176. The number of hydrogen-bond acceptors (Lipinski definition) is 6. The van der Waals surface area contributed by atoms with Gasteiger partial charge < -0.3 is 5.32 Å². The van der Waals surface area contributed by atoms with Crippen LogP contribution in [0, 0.1) is 5.82 Å². The summed E-state index contributed by atoms with van der Waals surface area (Å²) >= 11 is 0. The van der Waals surface area contributed by atoms with Crippen molar-refractivity contribution in [1.29, 1.82) is 0 Å². The fourth-order valence-electron chi connectivity index (χ4n) is 2.90. The largest absolute Gasteiger partial charge is 0.368 e. The fraction of sp³-hybridized carbons (Fsp3) is 0.263. The number of hydrogen-bond donors (Lipinski definition) is 2. The predicted molar refractivity (Wildman–Crippen MR) is 109 cm³/mol. The molecule has 0 spiro atoms. The van der Waals surface area contributed by atoms with Gasteiger partial charge in [-0.3, -0.25) is 9.52 Å². The number of aromatic nitrogens is 4. The van der Waals surface area contributed by atoms with Crippen LogP contribution >= 0.6 is 0 Å². The zero-order chi connectivity index (χ0) is 22.0. The van der Waals surface area contributed by atoms with Gasteiger partial charge in [0.15, 0.2) is 0 Å². The molecule has 3 aromatic rings. The number of tetrazole rings is 1. The fourth-order valence-corrected chi connectivity index (χ4v) is 4.09. The van der Waals surface area contributed by atoms with Crippen LogP contribution in [-0.2, 0) is 27.1 Å². The summed E-state index contributed by atoms with van der Waals surface area (Å²) in [5, 5.41) is 10.2. The Bertz CT molecular complexity index is 1270. The molecule has 1 fully saturated rings. The van der Waals surface area contributed by atoms with Gasteiger partial charge in [0.2, 0.25) is 15.9 Å². The van der Waals surface area contributed by atoms with Gasteiger partial charge in [0.1, 0.15) is 12.4 Å². The Balaban J connectivity index is 1.43. The average Bonchev–Trinajstić information content (AvgIpc) is 3.44. The first-order chi connectivity index (χ1) is 14.8. The molecule has 162 valence electrons. The third-order valence-electron chi connectivity index (χ3n) is 4.51. The van der Waals surface area contributed by atoms with Crippen LogP contribution in [0.5, 0.6) is 0 Å². The normalized spacial score (nSPS) is 13.7. The standard InChI is InChI=1S/C19H19FN6O4S/c20-14-3-1-2-13(10-14)12-31(29,30)22-16-6-8-17(9-7-16)26-19(28)25(23-24-26)11-18(27)21-15-4-5-15/h1-3,6-10,15,22H,4-5,11-12H2,(H,21,27). The van der Waals surface area contributed by atoms with Crippen LogP contribution in [-0.4, -0.2) is 40.2 Å². The second-order valence-electron chi connectivity index (χ2n) is 7.21. The molecular weight excluding hydrogens is 427 g/mol. The summed E-state index contributed by atoms with van der Waals surface area (Å²) in [4.78, 5) is 24.3. The molecule has 0 aliphatic heterocycles. The van der Waals surface area contributed by atoms with Crippen LogP contribution in [0.25, 0.3) is 5.69 Å². The SMILES string of the molecule is O=C(Cn1nnn(-c2ccc(NS(=O)(=O)Cc3cccc(F)c3)cc2)c1=O)NC1CC1. The first kappa shape index (κ1) is 20.7. The molecule has 1 heterocycles. The van der Waals surface area contributed by atoms with Crippen molar-refractivity contribution >= 4 is 21.6 Å². The summed E-state index contributed by atoms with van der Waals surface area (Å²) in [6.07, 6.45) is 1.87. The van der Waals surface area contributed by atoms with E-state index < -0.39 is 21.5 Å². The number of benzene rings is 2. The van der Waals surface area contributed by atoms with Gasteiger partial charge in [-0.1, -0.05) is 12.1 Å². The van der Waals surface area contributed by atoms with E-state index in [4.69, 9.17) is 0 Å². The zero-order valence-electron chi connectivity index (χ0n) is 16.2. The second-order valence-corrected chi connectivity index (χ2v) is 8.93. The molecule has 0 unspecified atom stereocenters. The van der Waals surface area contributed by atoms with E-state index in [1.165, 1.54) is 42.5 Å². The van der Waals surface area contributed by atoms with Crippen LogP contribution in [0.15, 0.2) is 53.3 Å². The van der Waals surface area contributed by atoms with E-state index in [-0.39, 0.29) is 29.9 Å². The van der Waals surface area contributed by atoms with Gasteiger partial charge in [0.25, 0.3) is 0 Å². The number of rotatable bonds is 8. The molecule has 0 atom stereocenters. The number of amides is 1. The lowest BCUT2D eigenvalue weighted by Gasteiger charge is -2.09. The highest BCUT2D eigenvalue weighted by Crippen LogP contribution is 2.18. The number of sulfonamides is 1. The average molecular weight is 446 g/mol. The summed E-state index contributed by atoms with van der Waals surface area (Å²) in [7, 11) is -3.77. The Morgan fingerprint density at radius 3 is 2.55 bits per heavy atom. The highest BCUT2D eigenvalue weighted by molar-refractivity contribution is 7.91. The summed E-state index contributed by atoms with van der Waals surface area (Å²) in [5.41, 5.74) is 0.347. The Hall–Kier alpha value is -3.54. The van der Waals surface area contributed by atoms with Gasteiger partial charge in [-0.05, 0) is 65.2 Å². The van der Waals surface area contributed by atoms with E-state index in [9.17, 15) is 22.4 Å². The van der Waals surface area contributed by atoms with Crippen molar-refractivity contribution < 1.29 is 17.6 Å². The lowest BCUT2D eigenvalue weighted by molar-refractivity contribution is -0.122. The Kier molecular flexibility index (Phi) is 5.55. The lowest BCUT2D eigenvalue weighted by Crippen LogP contribution is -2.34. The number of halogens is 1. The lowest BCUT2D eigenvalue weighted by atomic mass is 10.2. The van der Waals surface area contributed by atoms with Crippen molar-refractivity contribution in [1.82, 2.24) is 25.1 Å². The van der Waals surface area contributed by atoms with Gasteiger partial charge in [0, 0.05) is 11.7 Å². The van der Waals surface area contributed by atoms with Crippen LogP contribution in [0.3, 0.4) is 0 Å². The van der Waals surface area contributed by atoms with Gasteiger partial charge in [-0.15, -0.1) is 0 Å². The molecule has 10 nitrogen and oxygen atoms in total. The second kappa shape index (κ2) is 8.30. The van der Waals surface area contributed by atoms with Crippen molar-refractivity contribution in [2.45, 2.75) is 31.2 Å². The van der Waals surface area contributed by atoms with Gasteiger partial charge in [-0.25, -0.2) is 17.6 Å². The summed E-state index contributed by atoms with van der Waals surface area (Å²) in [6.45, 7) is -0.229. The van der Waals surface area contributed by atoms with E-state index in [0.29, 0.717) is 11.3 Å². The molecule has 0 saturated heterocycles. The van der Waals surface area contributed by atoms with Crippen molar-refractivity contribution in [3.63, 3.8) is 0 Å². The zero-order valence-corrected chi connectivity index (χ0v) is 17.0. The summed E-state index contributed by atoms with van der Waals surface area (Å²) < 4.78 is 42.3. The number of nitrogens with one attached hydrogen (secondary N) is 2. The van der Waals surface area contributed by atoms with E-state index >= 15 is 0 Å². The molecule has 1 aromatic heterocycles. The number of nitrogens with zero attached hydrogens (tertiary/aromatic N) is 4. The van der Waals surface area contributed by atoms with Crippen LogP contribution in [0.4, 0.5) is 10.1 Å². The highest BCUT2D eigenvalue weighted by atomic mass is 32.2. The molecule has 31 heavy (non-hydrogen) atoms. The van der Waals surface area contributed by atoms with Crippen molar-refractivity contribution in [3.8, 4) is 5.69 Å². The van der Waals surface area contributed by atoms with E-state index in [0.717, 1.165) is 28.3 Å². The van der Waals surface area contributed by atoms with Gasteiger partial charge in [0.05, 0.1) is 11.4 Å². The molecule has 0 radical (unpaired) electrons. The van der Waals surface area contributed by atoms with Gasteiger partial charge >= 0.3 is 5.69 Å². The molecule has 4 rings (SSSR count). The topological polar surface area (TPSA) is 128 Å². The summed E-state index contributed by atoms with van der Waals surface area (Å²) in [5.74, 6) is -1.20. The van der Waals surface area contributed by atoms with Gasteiger partial charge in [-0.2, -0.15) is 9.36 Å². The molecular formula is C19H19FN6O4S. The maximum atomic E-state index is 13.3. The van der Waals surface area contributed by atoms with Crippen LogP contribution in [0.1, 0.15) is 18.4 Å². The highest BCUT2D eigenvalue weighted by Gasteiger charge is 2.24. The quantitative estimate of drug-likeness (QED) is 0.527. The number of carbonyl (C=O) groups is 1. The molecule has 1 saturated carbocycles. The number of anilines is 1. The van der Waals surface area contributed by atoms with E-state index in [1.807, 2.05) is 0 Å². The minimum atomic E-state index is -3.77. The van der Waals surface area contributed by atoms with Crippen molar-refractivity contribution in [3.05, 3.63) is 70.4 Å². The molecule has 1 aliphatic rings. The molecule has 2 N–H and O–H groups in total. The van der Waals surface area contributed by atoms with E-state index in [2.05, 4.69) is 20.5 Å². The van der Waals surface area contributed by atoms with Crippen LogP contribution in [0.2, 0.25) is 0 Å². The van der Waals surface area contributed by atoms with Crippen molar-refractivity contribution in [2.24, 2.45) is 0 Å². The Morgan fingerprint density at radius 1 is 1.13 bits per heavy atom. The van der Waals surface area contributed by atoms with Crippen LogP contribution < -0.4 is 15.7 Å². The predicted octanol–water partition coefficient (Wildman–Crippen LogP) is 0.789.